The molecule has 0 unspecified atom stereocenters. The monoisotopic (exact) mass is 190 g/mol. The van der Waals surface area contributed by atoms with Crippen LogP contribution in [0, 0.1) is 0 Å². The van der Waals surface area contributed by atoms with Crippen LogP contribution in [-0.4, -0.2) is 25.0 Å². The van der Waals surface area contributed by atoms with Crippen LogP contribution >= 0.6 is 0 Å². The SMILES string of the molecule is CN1CCCc2cc(/C=N/O)ccc21. The Bertz CT molecular complexity index is 360. The first-order valence-electron chi connectivity index (χ1n) is 4.83. The molecule has 3 heteroatoms. The zero-order chi connectivity index (χ0) is 9.97. The van der Waals surface area contributed by atoms with Crippen LogP contribution in [0.15, 0.2) is 23.4 Å². The molecule has 0 bridgehead atoms. The fourth-order valence-electron chi connectivity index (χ4n) is 1.95. The Hall–Kier alpha value is -1.51. The molecule has 0 spiro atoms. The number of nitrogens with zero attached hydrogens (tertiary/aromatic N) is 2. The van der Waals surface area contributed by atoms with Gasteiger partial charge in [-0.05, 0) is 36.1 Å². The van der Waals surface area contributed by atoms with Gasteiger partial charge < -0.3 is 10.1 Å². The van der Waals surface area contributed by atoms with Crippen LogP contribution < -0.4 is 4.90 Å². The predicted molar refractivity (Wildman–Crippen MR) is 57.4 cm³/mol. The summed E-state index contributed by atoms with van der Waals surface area (Å²) in [4.78, 5) is 2.26. The Balaban J connectivity index is 2.38. The lowest BCUT2D eigenvalue weighted by molar-refractivity contribution is 0.322. The smallest absolute Gasteiger partial charge is 0.0733 e. The first-order valence-corrected chi connectivity index (χ1v) is 4.83. The van der Waals surface area contributed by atoms with Gasteiger partial charge in [0.05, 0.1) is 6.21 Å². The standard InChI is InChI=1S/C11H14N2O/c1-13-6-2-3-10-7-9(8-12-14)4-5-11(10)13/h4-5,7-8,14H,2-3,6H2,1H3/b12-8+. The van der Waals surface area contributed by atoms with Gasteiger partial charge in [-0.1, -0.05) is 11.2 Å². The molecule has 0 aromatic heterocycles. The van der Waals surface area contributed by atoms with Gasteiger partial charge in [-0.15, -0.1) is 0 Å². The van der Waals surface area contributed by atoms with Gasteiger partial charge in [0, 0.05) is 19.3 Å². The zero-order valence-corrected chi connectivity index (χ0v) is 8.27. The molecule has 1 aliphatic heterocycles. The molecule has 1 N–H and O–H groups in total. The van der Waals surface area contributed by atoms with Gasteiger partial charge in [0.25, 0.3) is 0 Å². The summed E-state index contributed by atoms with van der Waals surface area (Å²) in [6, 6.07) is 6.15. The molecular weight excluding hydrogens is 176 g/mol. The van der Waals surface area contributed by atoms with Gasteiger partial charge in [0.2, 0.25) is 0 Å². The van der Waals surface area contributed by atoms with E-state index in [4.69, 9.17) is 5.21 Å². The first kappa shape index (κ1) is 9.06. The number of aryl methyl sites for hydroxylation is 1. The summed E-state index contributed by atoms with van der Waals surface area (Å²) in [6.07, 6.45) is 3.78. The summed E-state index contributed by atoms with van der Waals surface area (Å²) in [5, 5.41) is 11.5. The van der Waals surface area contributed by atoms with Crippen molar-refractivity contribution in [2.45, 2.75) is 12.8 Å². The molecule has 1 aromatic rings. The van der Waals surface area contributed by atoms with E-state index < -0.39 is 0 Å². The third kappa shape index (κ3) is 1.58. The normalized spacial score (nSPS) is 15.9. The van der Waals surface area contributed by atoms with E-state index in [0.717, 1.165) is 18.5 Å². The van der Waals surface area contributed by atoms with Gasteiger partial charge in [0.15, 0.2) is 0 Å². The highest BCUT2D eigenvalue weighted by Gasteiger charge is 2.12. The Labute approximate surface area is 83.7 Å². The molecule has 0 radical (unpaired) electrons. The van der Waals surface area contributed by atoms with Gasteiger partial charge in [0.1, 0.15) is 0 Å². The van der Waals surface area contributed by atoms with E-state index in [2.05, 4.69) is 29.2 Å². The molecule has 3 nitrogen and oxygen atoms in total. The molecule has 0 saturated heterocycles. The Morgan fingerprint density at radius 2 is 2.36 bits per heavy atom. The van der Waals surface area contributed by atoms with E-state index in [1.165, 1.54) is 23.9 Å². The van der Waals surface area contributed by atoms with Crippen LogP contribution in [0.3, 0.4) is 0 Å². The van der Waals surface area contributed by atoms with Gasteiger partial charge >= 0.3 is 0 Å². The van der Waals surface area contributed by atoms with Crippen molar-refractivity contribution in [1.29, 1.82) is 0 Å². The Kier molecular flexibility index (Phi) is 2.39. The largest absolute Gasteiger partial charge is 0.411 e. The van der Waals surface area contributed by atoms with Gasteiger partial charge in [-0.3, -0.25) is 0 Å². The van der Waals surface area contributed by atoms with Crippen molar-refractivity contribution in [2.24, 2.45) is 5.16 Å². The topological polar surface area (TPSA) is 35.8 Å². The minimum Gasteiger partial charge on any atom is -0.411 e. The number of fused-ring (bicyclic) bond motifs is 1. The lowest BCUT2D eigenvalue weighted by Gasteiger charge is -2.27. The average molecular weight is 190 g/mol. The third-order valence-electron chi connectivity index (χ3n) is 2.66. The highest BCUT2D eigenvalue weighted by Crippen LogP contribution is 2.26. The van der Waals surface area contributed by atoms with Crippen molar-refractivity contribution in [2.75, 3.05) is 18.5 Å². The summed E-state index contributed by atoms with van der Waals surface area (Å²) in [6.45, 7) is 1.13. The second kappa shape index (κ2) is 3.70. The number of anilines is 1. The molecule has 0 saturated carbocycles. The third-order valence-corrected chi connectivity index (χ3v) is 2.66. The molecular formula is C11H14N2O. The quantitative estimate of drug-likeness (QED) is 0.417. The van der Waals surface area contributed by atoms with Crippen LogP contribution in [-0.2, 0) is 6.42 Å². The molecule has 0 fully saturated rings. The van der Waals surface area contributed by atoms with Gasteiger partial charge in [-0.2, -0.15) is 0 Å². The molecule has 1 aliphatic rings. The second-order valence-electron chi connectivity index (χ2n) is 3.66. The summed E-state index contributed by atoms with van der Waals surface area (Å²) < 4.78 is 0. The van der Waals surface area contributed by atoms with Gasteiger partial charge in [-0.25, -0.2) is 0 Å². The fourth-order valence-corrected chi connectivity index (χ4v) is 1.95. The van der Waals surface area contributed by atoms with Crippen molar-refractivity contribution in [1.82, 2.24) is 0 Å². The van der Waals surface area contributed by atoms with E-state index in [9.17, 15) is 0 Å². The number of oxime groups is 1. The zero-order valence-electron chi connectivity index (χ0n) is 8.27. The number of hydrogen-bond acceptors (Lipinski definition) is 3. The average Bonchev–Trinajstić information content (AvgIpc) is 2.18. The first-order chi connectivity index (χ1) is 6.81. The van der Waals surface area contributed by atoms with Crippen LogP contribution in [0.25, 0.3) is 0 Å². The summed E-state index contributed by atoms with van der Waals surface area (Å²) in [5.41, 5.74) is 3.60. The molecule has 74 valence electrons. The van der Waals surface area contributed by atoms with Crippen LogP contribution in [0.5, 0.6) is 0 Å². The van der Waals surface area contributed by atoms with E-state index in [1.807, 2.05) is 6.07 Å². The Morgan fingerprint density at radius 1 is 1.50 bits per heavy atom. The van der Waals surface area contributed by atoms with E-state index in [0.29, 0.717) is 0 Å². The number of benzene rings is 1. The minimum absolute atomic E-state index is 0.960. The molecule has 1 aromatic carbocycles. The second-order valence-corrected chi connectivity index (χ2v) is 3.66. The molecule has 1 heterocycles. The lowest BCUT2D eigenvalue weighted by atomic mass is 10.00. The lowest BCUT2D eigenvalue weighted by Crippen LogP contribution is -2.24. The summed E-state index contributed by atoms with van der Waals surface area (Å²) in [7, 11) is 2.11. The highest BCUT2D eigenvalue weighted by molar-refractivity contribution is 5.80. The van der Waals surface area contributed by atoms with E-state index in [1.54, 1.807) is 0 Å². The van der Waals surface area contributed by atoms with E-state index >= 15 is 0 Å². The van der Waals surface area contributed by atoms with Crippen molar-refractivity contribution in [3.63, 3.8) is 0 Å². The molecule has 0 atom stereocenters. The van der Waals surface area contributed by atoms with Crippen molar-refractivity contribution < 1.29 is 5.21 Å². The van der Waals surface area contributed by atoms with Crippen LogP contribution in [0.1, 0.15) is 17.5 Å². The van der Waals surface area contributed by atoms with Crippen molar-refractivity contribution in [3.8, 4) is 0 Å². The molecule has 0 aliphatic carbocycles. The Morgan fingerprint density at radius 3 is 3.14 bits per heavy atom. The maximum atomic E-state index is 8.43. The molecule has 14 heavy (non-hydrogen) atoms. The van der Waals surface area contributed by atoms with Crippen LogP contribution in [0.4, 0.5) is 5.69 Å². The van der Waals surface area contributed by atoms with Crippen molar-refractivity contribution in [3.05, 3.63) is 29.3 Å². The van der Waals surface area contributed by atoms with E-state index in [-0.39, 0.29) is 0 Å². The summed E-state index contributed by atoms with van der Waals surface area (Å²) >= 11 is 0. The maximum absolute atomic E-state index is 8.43. The molecule has 0 amide bonds. The molecule has 2 rings (SSSR count). The summed E-state index contributed by atoms with van der Waals surface area (Å²) in [5.74, 6) is 0. The maximum Gasteiger partial charge on any atom is 0.0733 e. The predicted octanol–water partition coefficient (Wildman–Crippen LogP) is 1.88. The highest BCUT2D eigenvalue weighted by atomic mass is 16.4. The van der Waals surface area contributed by atoms with Crippen LogP contribution in [0.2, 0.25) is 0 Å². The fraction of sp³-hybridized carbons (Fsp3) is 0.364. The van der Waals surface area contributed by atoms with Crippen molar-refractivity contribution >= 4 is 11.9 Å². The minimum atomic E-state index is 0.960. The number of hydrogen-bond donors (Lipinski definition) is 1. The number of rotatable bonds is 1.